The molecule has 0 aliphatic carbocycles. The highest BCUT2D eigenvalue weighted by Gasteiger charge is 2.15. The number of halogens is 1. The Kier molecular flexibility index (Phi) is 7.72. The number of fused-ring (bicyclic) bond motifs is 1. The van der Waals surface area contributed by atoms with Gasteiger partial charge in [0.1, 0.15) is 0 Å². The van der Waals surface area contributed by atoms with Gasteiger partial charge in [0.2, 0.25) is 12.7 Å². The molecule has 0 bridgehead atoms. The molecule has 1 aliphatic rings. The predicted octanol–water partition coefficient (Wildman–Crippen LogP) is 3.14. The summed E-state index contributed by atoms with van der Waals surface area (Å²) < 4.78 is 16.0. The maximum absolute atomic E-state index is 11.7. The largest absolute Gasteiger partial charge is 0.469 e. The first-order valence-electron chi connectivity index (χ1n) is 8.08. The zero-order valence-electron chi connectivity index (χ0n) is 14.0. The van der Waals surface area contributed by atoms with Crippen molar-refractivity contribution in [2.45, 2.75) is 38.5 Å². The summed E-state index contributed by atoms with van der Waals surface area (Å²) in [4.78, 5) is 22.7. The van der Waals surface area contributed by atoms with E-state index in [0.29, 0.717) is 24.3 Å². The van der Waals surface area contributed by atoms with Crippen molar-refractivity contribution < 1.29 is 23.8 Å². The second kappa shape index (κ2) is 10.0. The van der Waals surface area contributed by atoms with Crippen molar-refractivity contribution in [2.24, 2.45) is 5.10 Å². The van der Waals surface area contributed by atoms with Gasteiger partial charge in [0, 0.05) is 22.9 Å². The quantitative estimate of drug-likeness (QED) is 0.291. The molecule has 0 saturated carbocycles. The van der Waals surface area contributed by atoms with Gasteiger partial charge in [-0.1, -0.05) is 12.8 Å². The molecule has 0 aromatic heterocycles. The molecule has 0 saturated heterocycles. The van der Waals surface area contributed by atoms with Gasteiger partial charge in [-0.05, 0) is 40.9 Å². The molecule has 1 aliphatic heterocycles. The Morgan fingerprint density at radius 3 is 2.60 bits per heavy atom. The summed E-state index contributed by atoms with van der Waals surface area (Å²) in [5.74, 6) is 1.01. The van der Waals surface area contributed by atoms with E-state index in [1.807, 2.05) is 0 Å². The molecule has 1 amide bonds. The second-order valence-electron chi connectivity index (χ2n) is 5.51. The first-order chi connectivity index (χ1) is 12.1. The number of unbranched alkanes of at least 4 members (excludes halogenated alkanes) is 3. The van der Waals surface area contributed by atoms with E-state index in [9.17, 15) is 9.59 Å². The minimum absolute atomic E-state index is 0.138. The van der Waals surface area contributed by atoms with Crippen LogP contribution in [0.5, 0.6) is 11.5 Å². The lowest BCUT2D eigenvalue weighted by atomic mass is 10.1. The Morgan fingerprint density at radius 2 is 1.88 bits per heavy atom. The van der Waals surface area contributed by atoms with Crippen LogP contribution in [0.2, 0.25) is 0 Å². The van der Waals surface area contributed by atoms with Crippen LogP contribution in [0, 0.1) is 0 Å². The lowest BCUT2D eigenvalue weighted by molar-refractivity contribution is -0.140. The van der Waals surface area contributed by atoms with E-state index in [1.54, 1.807) is 18.3 Å². The first kappa shape index (κ1) is 19.2. The van der Waals surface area contributed by atoms with Gasteiger partial charge < -0.3 is 14.2 Å². The summed E-state index contributed by atoms with van der Waals surface area (Å²) in [5, 5.41) is 3.97. The van der Waals surface area contributed by atoms with Gasteiger partial charge in [-0.3, -0.25) is 9.59 Å². The second-order valence-corrected chi connectivity index (χ2v) is 6.36. The third-order valence-electron chi connectivity index (χ3n) is 3.65. The fourth-order valence-corrected chi connectivity index (χ4v) is 2.70. The molecular weight excluding hydrogens is 392 g/mol. The number of ether oxygens (including phenoxy) is 3. The van der Waals surface area contributed by atoms with Crippen LogP contribution in [0.3, 0.4) is 0 Å². The van der Waals surface area contributed by atoms with Crippen LogP contribution in [0.15, 0.2) is 21.7 Å². The highest BCUT2D eigenvalue weighted by Crippen LogP contribution is 2.36. The van der Waals surface area contributed by atoms with Crippen molar-refractivity contribution in [1.82, 2.24) is 5.43 Å². The minimum atomic E-state index is -0.193. The van der Waals surface area contributed by atoms with E-state index in [1.165, 1.54) is 7.11 Å². The normalized spacial score (nSPS) is 12.4. The van der Waals surface area contributed by atoms with Gasteiger partial charge in [-0.2, -0.15) is 5.10 Å². The van der Waals surface area contributed by atoms with E-state index in [4.69, 9.17) is 9.47 Å². The highest BCUT2D eigenvalue weighted by molar-refractivity contribution is 9.10. The number of hydrazone groups is 1. The van der Waals surface area contributed by atoms with Gasteiger partial charge in [0.25, 0.3) is 0 Å². The number of methoxy groups -OCH3 is 1. The van der Waals surface area contributed by atoms with Crippen LogP contribution >= 0.6 is 15.9 Å². The maximum atomic E-state index is 11.7. The van der Waals surface area contributed by atoms with E-state index in [2.05, 4.69) is 31.2 Å². The van der Waals surface area contributed by atoms with E-state index < -0.39 is 0 Å². The number of esters is 1. The number of hydrogen-bond donors (Lipinski definition) is 1. The molecule has 2 rings (SSSR count). The Morgan fingerprint density at radius 1 is 1.20 bits per heavy atom. The Bertz CT molecular complexity index is 648. The summed E-state index contributed by atoms with van der Waals surface area (Å²) in [7, 11) is 1.38. The molecule has 1 N–H and O–H groups in total. The van der Waals surface area contributed by atoms with Gasteiger partial charge in [0.05, 0.1) is 13.3 Å². The van der Waals surface area contributed by atoms with Crippen molar-refractivity contribution in [3.8, 4) is 11.5 Å². The summed E-state index contributed by atoms with van der Waals surface area (Å²) in [6.07, 6.45) is 5.72. The molecular formula is C17H21BrN2O5. The number of rotatable bonds is 9. The number of carbonyl (C=O) groups is 2. The van der Waals surface area contributed by atoms with Crippen LogP contribution in [0.25, 0.3) is 0 Å². The number of amides is 1. The van der Waals surface area contributed by atoms with Crippen molar-refractivity contribution in [1.29, 1.82) is 0 Å². The third-order valence-corrected chi connectivity index (χ3v) is 4.33. The fourth-order valence-electron chi connectivity index (χ4n) is 2.27. The summed E-state index contributed by atoms with van der Waals surface area (Å²) in [6.45, 7) is 0.207. The predicted molar refractivity (Wildman–Crippen MR) is 95.7 cm³/mol. The molecule has 136 valence electrons. The fraction of sp³-hybridized carbons (Fsp3) is 0.471. The molecule has 1 aromatic carbocycles. The smallest absolute Gasteiger partial charge is 0.305 e. The van der Waals surface area contributed by atoms with Gasteiger partial charge in [-0.25, -0.2) is 5.43 Å². The van der Waals surface area contributed by atoms with Gasteiger partial charge >= 0.3 is 5.97 Å². The minimum Gasteiger partial charge on any atom is -0.469 e. The number of nitrogens with zero attached hydrogens (tertiary/aromatic N) is 1. The molecule has 0 radical (unpaired) electrons. The topological polar surface area (TPSA) is 86.2 Å². The van der Waals surface area contributed by atoms with Crippen LogP contribution < -0.4 is 14.9 Å². The van der Waals surface area contributed by atoms with Crippen LogP contribution in [0.4, 0.5) is 0 Å². The van der Waals surface area contributed by atoms with Crippen LogP contribution in [0.1, 0.15) is 44.1 Å². The van der Waals surface area contributed by atoms with Gasteiger partial charge in [0.15, 0.2) is 11.5 Å². The Balaban J connectivity index is 1.65. The SMILES string of the molecule is COC(=O)CCCCCCC(=O)NN=Cc1cc2c(cc1Br)OCO2. The maximum Gasteiger partial charge on any atom is 0.305 e. The summed E-state index contributed by atoms with van der Waals surface area (Å²) in [6, 6.07) is 3.60. The van der Waals surface area contributed by atoms with E-state index >= 15 is 0 Å². The van der Waals surface area contributed by atoms with Crippen molar-refractivity contribution >= 4 is 34.0 Å². The first-order valence-corrected chi connectivity index (χ1v) is 8.87. The standard InChI is InChI=1S/C17H21BrN2O5/c1-23-17(22)7-5-3-2-4-6-16(21)20-19-10-12-8-14-15(9-13(12)18)25-11-24-14/h8-10H,2-7,11H2,1H3,(H,20,21). The third kappa shape index (κ3) is 6.38. The van der Waals surface area contributed by atoms with Crippen molar-refractivity contribution in [3.05, 3.63) is 22.2 Å². The van der Waals surface area contributed by atoms with E-state index in [0.717, 1.165) is 35.7 Å². The Labute approximate surface area is 154 Å². The molecule has 1 heterocycles. The zero-order chi connectivity index (χ0) is 18.1. The molecule has 0 atom stereocenters. The van der Waals surface area contributed by atoms with Crippen molar-refractivity contribution in [3.63, 3.8) is 0 Å². The molecule has 1 aromatic rings. The molecule has 0 spiro atoms. The average Bonchev–Trinajstić information content (AvgIpc) is 3.04. The lowest BCUT2D eigenvalue weighted by Gasteiger charge is -2.03. The molecule has 8 heteroatoms. The summed E-state index contributed by atoms with van der Waals surface area (Å²) >= 11 is 3.43. The zero-order valence-corrected chi connectivity index (χ0v) is 15.6. The number of hydrogen-bond acceptors (Lipinski definition) is 6. The van der Waals surface area contributed by atoms with Crippen LogP contribution in [-0.2, 0) is 14.3 Å². The number of benzene rings is 1. The molecule has 0 fully saturated rings. The number of carbonyl (C=O) groups excluding carboxylic acids is 2. The summed E-state index contributed by atoms with van der Waals surface area (Å²) in [5.41, 5.74) is 3.29. The van der Waals surface area contributed by atoms with Gasteiger partial charge in [-0.15, -0.1) is 0 Å². The average molecular weight is 413 g/mol. The van der Waals surface area contributed by atoms with E-state index in [-0.39, 0.29) is 18.7 Å². The monoisotopic (exact) mass is 412 g/mol. The molecule has 25 heavy (non-hydrogen) atoms. The van der Waals surface area contributed by atoms with Crippen LogP contribution in [-0.4, -0.2) is 32.0 Å². The molecule has 0 unspecified atom stereocenters. The lowest BCUT2D eigenvalue weighted by Crippen LogP contribution is -2.16. The highest BCUT2D eigenvalue weighted by atomic mass is 79.9. The molecule has 7 nitrogen and oxygen atoms in total. The Hall–Kier alpha value is -2.09. The van der Waals surface area contributed by atoms with Crippen molar-refractivity contribution in [2.75, 3.05) is 13.9 Å². The number of nitrogens with one attached hydrogen (secondary N) is 1.